The van der Waals surface area contributed by atoms with Crippen LogP contribution in [0.4, 0.5) is 0 Å². The van der Waals surface area contributed by atoms with E-state index in [1.165, 1.54) is 0 Å². The third-order valence-corrected chi connectivity index (χ3v) is 2.90. The van der Waals surface area contributed by atoms with Crippen LogP contribution in [-0.4, -0.2) is 24.5 Å². The van der Waals surface area contributed by atoms with Crippen LogP contribution in [0, 0.1) is 5.92 Å². The summed E-state index contributed by atoms with van der Waals surface area (Å²) in [7, 11) is 0. The van der Waals surface area contributed by atoms with Gasteiger partial charge in [-0.2, -0.15) is 0 Å². The largest absolute Gasteiger partial charge is 0.355 e. The molecule has 3 nitrogen and oxygen atoms in total. The molecule has 1 fully saturated rings. The van der Waals surface area contributed by atoms with Crippen LogP contribution < -0.4 is 10.6 Å². The molecule has 3 atom stereocenters. The minimum atomic E-state index is 0.0335. The van der Waals surface area contributed by atoms with Crippen LogP contribution in [0.25, 0.3) is 0 Å². The van der Waals surface area contributed by atoms with Gasteiger partial charge in [0.05, 0.1) is 6.04 Å². The van der Waals surface area contributed by atoms with Gasteiger partial charge in [0, 0.05) is 12.6 Å². The Hall–Kier alpha value is -0.570. The standard InChI is InChI=1S/C10H20N2O/c1-4-11-10(13)9-6-5-7(2)8(3)12-9/h7-9,12H,4-6H2,1-3H3,(H,11,13). The highest BCUT2D eigenvalue weighted by molar-refractivity contribution is 5.81. The van der Waals surface area contributed by atoms with Crippen molar-refractivity contribution in [2.45, 2.75) is 45.7 Å². The molecular formula is C10H20N2O. The van der Waals surface area contributed by atoms with E-state index in [2.05, 4.69) is 24.5 Å². The molecule has 1 aliphatic rings. The lowest BCUT2D eigenvalue weighted by atomic mass is 9.89. The van der Waals surface area contributed by atoms with E-state index < -0.39 is 0 Å². The summed E-state index contributed by atoms with van der Waals surface area (Å²) in [5.41, 5.74) is 0. The lowest BCUT2D eigenvalue weighted by molar-refractivity contribution is -0.124. The van der Waals surface area contributed by atoms with E-state index >= 15 is 0 Å². The maximum Gasteiger partial charge on any atom is 0.237 e. The van der Waals surface area contributed by atoms with Gasteiger partial charge in [-0.05, 0) is 32.6 Å². The Balaban J connectivity index is 2.40. The summed E-state index contributed by atoms with van der Waals surface area (Å²) in [6.07, 6.45) is 2.12. The summed E-state index contributed by atoms with van der Waals surface area (Å²) in [6.45, 7) is 7.05. The highest BCUT2D eigenvalue weighted by atomic mass is 16.2. The number of hydrogen-bond donors (Lipinski definition) is 2. The van der Waals surface area contributed by atoms with E-state index in [1.807, 2.05) is 6.92 Å². The van der Waals surface area contributed by atoms with Gasteiger partial charge < -0.3 is 10.6 Å². The maximum absolute atomic E-state index is 11.5. The molecule has 1 heterocycles. The zero-order valence-corrected chi connectivity index (χ0v) is 8.76. The van der Waals surface area contributed by atoms with Gasteiger partial charge in [-0.3, -0.25) is 4.79 Å². The van der Waals surface area contributed by atoms with E-state index in [9.17, 15) is 4.79 Å². The first-order valence-electron chi connectivity index (χ1n) is 5.19. The molecule has 1 amide bonds. The number of hydrogen-bond acceptors (Lipinski definition) is 2. The Morgan fingerprint density at radius 2 is 2.15 bits per heavy atom. The zero-order valence-electron chi connectivity index (χ0n) is 8.76. The quantitative estimate of drug-likeness (QED) is 0.669. The summed E-state index contributed by atoms with van der Waals surface area (Å²) in [5, 5.41) is 6.19. The van der Waals surface area contributed by atoms with Gasteiger partial charge in [0.2, 0.25) is 5.91 Å². The van der Waals surface area contributed by atoms with Gasteiger partial charge >= 0.3 is 0 Å². The maximum atomic E-state index is 11.5. The average molecular weight is 184 g/mol. The van der Waals surface area contributed by atoms with E-state index in [1.54, 1.807) is 0 Å². The highest BCUT2D eigenvalue weighted by Gasteiger charge is 2.27. The van der Waals surface area contributed by atoms with Crippen LogP contribution in [0.2, 0.25) is 0 Å². The van der Waals surface area contributed by atoms with Crippen molar-refractivity contribution in [3.63, 3.8) is 0 Å². The Morgan fingerprint density at radius 1 is 1.46 bits per heavy atom. The van der Waals surface area contributed by atoms with E-state index in [4.69, 9.17) is 0 Å². The molecule has 1 aliphatic heterocycles. The molecule has 1 saturated heterocycles. The lowest BCUT2D eigenvalue weighted by Gasteiger charge is -2.32. The normalized spacial score (nSPS) is 34.2. The molecule has 0 aliphatic carbocycles. The van der Waals surface area contributed by atoms with Crippen molar-refractivity contribution in [2.24, 2.45) is 5.92 Å². The molecule has 13 heavy (non-hydrogen) atoms. The molecule has 0 bridgehead atoms. The summed E-state index contributed by atoms with van der Waals surface area (Å²) in [5.74, 6) is 0.840. The molecule has 0 aromatic carbocycles. The number of carbonyl (C=O) groups is 1. The van der Waals surface area contributed by atoms with Crippen LogP contribution >= 0.6 is 0 Å². The van der Waals surface area contributed by atoms with Crippen molar-refractivity contribution < 1.29 is 4.79 Å². The average Bonchev–Trinajstić information content (AvgIpc) is 2.10. The second-order valence-electron chi connectivity index (χ2n) is 3.96. The van der Waals surface area contributed by atoms with Crippen molar-refractivity contribution >= 4 is 5.91 Å². The second-order valence-corrected chi connectivity index (χ2v) is 3.96. The lowest BCUT2D eigenvalue weighted by Crippen LogP contribution is -2.52. The third kappa shape index (κ3) is 2.69. The predicted molar refractivity (Wildman–Crippen MR) is 53.5 cm³/mol. The number of carbonyl (C=O) groups excluding carboxylic acids is 1. The zero-order chi connectivity index (χ0) is 9.84. The van der Waals surface area contributed by atoms with Crippen LogP contribution in [0.5, 0.6) is 0 Å². The van der Waals surface area contributed by atoms with Crippen LogP contribution in [-0.2, 0) is 4.79 Å². The molecule has 0 saturated carbocycles. The first kappa shape index (κ1) is 10.5. The fourth-order valence-corrected chi connectivity index (χ4v) is 1.75. The highest BCUT2D eigenvalue weighted by Crippen LogP contribution is 2.18. The van der Waals surface area contributed by atoms with Crippen LogP contribution in [0.15, 0.2) is 0 Å². The minimum Gasteiger partial charge on any atom is -0.355 e. The second kappa shape index (κ2) is 4.61. The van der Waals surface area contributed by atoms with Crippen LogP contribution in [0.1, 0.15) is 33.6 Å². The van der Waals surface area contributed by atoms with E-state index in [0.717, 1.165) is 19.4 Å². The predicted octanol–water partition coefficient (Wildman–Crippen LogP) is 0.899. The summed E-state index contributed by atoms with van der Waals surface area (Å²) < 4.78 is 0. The van der Waals surface area contributed by atoms with Gasteiger partial charge in [-0.15, -0.1) is 0 Å². The van der Waals surface area contributed by atoms with Crippen molar-refractivity contribution in [1.29, 1.82) is 0 Å². The number of nitrogens with one attached hydrogen (secondary N) is 2. The monoisotopic (exact) mass is 184 g/mol. The molecule has 3 unspecified atom stereocenters. The Bertz CT molecular complexity index is 182. The number of piperidine rings is 1. The molecule has 0 aromatic heterocycles. The number of rotatable bonds is 2. The summed E-state index contributed by atoms with van der Waals surface area (Å²) >= 11 is 0. The first-order chi connectivity index (χ1) is 6.15. The van der Waals surface area contributed by atoms with Gasteiger partial charge in [0.1, 0.15) is 0 Å². The van der Waals surface area contributed by atoms with Gasteiger partial charge in [-0.25, -0.2) is 0 Å². The Labute approximate surface area is 80.3 Å². The molecule has 0 radical (unpaired) electrons. The third-order valence-electron chi connectivity index (χ3n) is 2.90. The number of likely N-dealkylation sites (N-methyl/N-ethyl adjacent to an activating group) is 1. The minimum absolute atomic E-state index is 0.0335. The molecule has 0 spiro atoms. The molecular weight excluding hydrogens is 164 g/mol. The summed E-state index contributed by atoms with van der Waals surface area (Å²) in [6, 6.07) is 0.493. The van der Waals surface area contributed by atoms with E-state index in [-0.39, 0.29) is 11.9 Å². The molecule has 1 rings (SSSR count). The van der Waals surface area contributed by atoms with Crippen molar-refractivity contribution in [1.82, 2.24) is 10.6 Å². The van der Waals surface area contributed by atoms with E-state index in [0.29, 0.717) is 12.0 Å². The fraction of sp³-hybridized carbons (Fsp3) is 0.900. The Morgan fingerprint density at radius 3 is 2.69 bits per heavy atom. The Kier molecular flexibility index (Phi) is 3.72. The van der Waals surface area contributed by atoms with Gasteiger partial charge in [0.25, 0.3) is 0 Å². The fourth-order valence-electron chi connectivity index (χ4n) is 1.75. The smallest absolute Gasteiger partial charge is 0.237 e. The number of amides is 1. The van der Waals surface area contributed by atoms with Crippen molar-refractivity contribution in [2.75, 3.05) is 6.54 Å². The van der Waals surface area contributed by atoms with Gasteiger partial charge in [-0.1, -0.05) is 6.92 Å². The van der Waals surface area contributed by atoms with Gasteiger partial charge in [0.15, 0.2) is 0 Å². The molecule has 3 heteroatoms. The van der Waals surface area contributed by atoms with Crippen molar-refractivity contribution in [3.05, 3.63) is 0 Å². The first-order valence-corrected chi connectivity index (χ1v) is 5.19. The van der Waals surface area contributed by atoms with Crippen molar-refractivity contribution in [3.8, 4) is 0 Å². The van der Waals surface area contributed by atoms with Crippen LogP contribution in [0.3, 0.4) is 0 Å². The SMILES string of the molecule is CCNC(=O)C1CCC(C)C(C)N1. The summed E-state index contributed by atoms with van der Waals surface area (Å²) in [4.78, 5) is 11.5. The molecule has 76 valence electrons. The molecule has 2 N–H and O–H groups in total. The topological polar surface area (TPSA) is 41.1 Å². The molecule has 0 aromatic rings.